The molecule has 0 aliphatic carbocycles. The van der Waals surface area contributed by atoms with Crippen molar-refractivity contribution in [3.05, 3.63) is 35.4 Å². The molecule has 3 nitrogen and oxygen atoms in total. The highest BCUT2D eigenvalue weighted by Gasteiger charge is 2.07. The van der Waals surface area contributed by atoms with Gasteiger partial charge >= 0.3 is 0 Å². The molecule has 84 valence electrons. The first-order valence-corrected chi connectivity index (χ1v) is 4.48. The molecule has 1 unspecified atom stereocenters. The van der Waals surface area contributed by atoms with E-state index in [1.807, 2.05) is 0 Å². The van der Waals surface area contributed by atoms with Crippen molar-refractivity contribution < 1.29 is 23.7 Å². The highest BCUT2D eigenvalue weighted by molar-refractivity contribution is 5.17. The fraction of sp³-hybridized carbons (Fsp3) is 0.400. The minimum absolute atomic E-state index is 0.0583. The maximum atomic E-state index is 13.0. The highest BCUT2D eigenvalue weighted by atomic mass is 19.1. The lowest BCUT2D eigenvalue weighted by molar-refractivity contribution is -0.117. The molecule has 0 saturated carbocycles. The van der Waals surface area contributed by atoms with Gasteiger partial charge in [-0.15, -0.1) is 0 Å². The van der Waals surface area contributed by atoms with E-state index in [1.54, 1.807) is 0 Å². The van der Waals surface area contributed by atoms with Crippen LogP contribution < -0.4 is 0 Å². The minimum Gasteiger partial charge on any atom is -0.396 e. The molecule has 5 heteroatoms. The molecule has 0 fully saturated rings. The summed E-state index contributed by atoms with van der Waals surface area (Å²) in [5.74, 6) is -1.38. The summed E-state index contributed by atoms with van der Waals surface area (Å²) in [5.41, 5.74) is 0.161. The average Bonchev–Trinajstić information content (AvgIpc) is 2.17. The van der Waals surface area contributed by atoms with Gasteiger partial charge in [-0.1, -0.05) is 6.07 Å². The fourth-order valence-electron chi connectivity index (χ4n) is 1.02. The molecule has 0 aliphatic heterocycles. The third-order valence-electron chi connectivity index (χ3n) is 1.82. The first-order chi connectivity index (χ1) is 7.13. The average molecular weight is 218 g/mol. The van der Waals surface area contributed by atoms with E-state index in [-0.39, 0.29) is 25.2 Å². The Morgan fingerprint density at radius 3 is 2.67 bits per heavy atom. The van der Waals surface area contributed by atoms with Gasteiger partial charge in [-0.2, -0.15) is 0 Å². The van der Waals surface area contributed by atoms with Crippen molar-refractivity contribution in [2.45, 2.75) is 19.3 Å². The SMILES string of the molecule is OCCC(O)OCc1ccc(F)cc1F. The number of benzene rings is 1. The zero-order valence-corrected chi connectivity index (χ0v) is 7.99. The van der Waals surface area contributed by atoms with E-state index in [0.717, 1.165) is 12.1 Å². The van der Waals surface area contributed by atoms with E-state index in [1.165, 1.54) is 6.07 Å². The van der Waals surface area contributed by atoms with Gasteiger partial charge in [0, 0.05) is 24.7 Å². The molecule has 2 N–H and O–H groups in total. The summed E-state index contributed by atoms with van der Waals surface area (Å²) >= 11 is 0. The molecular weight excluding hydrogens is 206 g/mol. The lowest BCUT2D eigenvalue weighted by Crippen LogP contribution is -2.13. The zero-order chi connectivity index (χ0) is 11.3. The Bertz CT molecular complexity index is 318. The fourth-order valence-corrected chi connectivity index (χ4v) is 1.02. The predicted octanol–water partition coefficient (Wildman–Crippen LogP) is 1.18. The molecule has 0 heterocycles. The Balaban J connectivity index is 2.50. The third kappa shape index (κ3) is 3.91. The molecule has 1 aromatic carbocycles. The lowest BCUT2D eigenvalue weighted by Gasteiger charge is -2.10. The maximum absolute atomic E-state index is 13.0. The van der Waals surface area contributed by atoms with Gasteiger partial charge in [-0.25, -0.2) is 8.78 Å². The summed E-state index contributed by atoms with van der Waals surface area (Å²) < 4.78 is 30.4. The summed E-state index contributed by atoms with van der Waals surface area (Å²) in [6.07, 6.45) is -1.08. The predicted molar refractivity (Wildman–Crippen MR) is 48.9 cm³/mol. The van der Waals surface area contributed by atoms with Crippen LogP contribution in [-0.2, 0) is 11.3 Å². The molecule has 1 rings (SSSR count). The molecule has 15 heavy (non-hydrogen) atoms. The second-order valence-corrected chi connectivity index (χ2v) is 3.01. The van der Waals surface area contributed by atoms with Crippen molar-refractivity contribution >= 4 is 0 Å². The van der Waals surface area contributed by atoms with Crippen LogP contribution in [0, 0.1) is 11.6 Å². The van der Waals surface area contributed by atoms with Crippen molar-refractivity contribution in [3.8, 4) is 0 Å². The second kappa shape index (κ2) is 5.75. The molecule has 0 amide bonds. The van der Waals surface area contributed by atoms with Gasteiger partial charge in [-0.3, -0.25) is 0 Å². The van der Waals surface area contributed by atoms with Gasteiger partial charge in [0.05, 0.1) is 6.61 Å². The first kappa shape index (κ1) is 12.0. The number of ether oxygens (including phenoxy) is 1. The molecule has 0 spiro atoms. The van der Waals surface area contributed by atoms with Gasteiger partial charge in [0.15, 0.2) is 6.29 Å². The minimum atomic E-state index is -1.14. The van der Waals surface area contributed by atoms with Crippen LogP contribution in [0.3, 0.4) is 0 Å². The summed E-state index contributed by atoms with van der Waals surface area (Å²) in [4.78, 5) is 0. The van der Waals surface area contributed by atoms with Crippen LogP contribution in [0.2, 0.25) is 0 Å². The second-order valence-electron chi connectivity index (χ2n) is 3.01. The molecule has 0 saturated heterocycles. The van der Waals surface area contributed by atoms with Crippen LogP contribution >= 0.6 is 0 Å². The Labute approximate surface area is 85.9 Å². The summed E-state index contributed by atoms with van der Waals surface area (Å²) in [5, 5.41) is 17.5. The molecule has 1 aromatic rings. The Morgan fingerprint density at radius 1 is 1.33 bits per heavy atom. The van der Waals surface area contributed by atoms with Crippen molar-refractivity contribution in [2.75, 3.05) is 6.61 Å². The Morgan fingerprint density at radius 2 is 2.07 bits per heavy atom. The van der Waals surface area contributed by atoms with Crippen molar-refractivity contribution in [3.63, 3.8) is 0 Å². The van der Waals surface area contributed by atoms with Crippen LogP contribution in [0.5, 0.6) is 0 Å². The molecular formula is C10H12F2O3. The Kier molecular flexibility index (Phi) is 4.61. The standard InChI is InChI=1S/C10H12F2O3/c11-8-2-1-7(9(12)5-8)6-15-10(14)3-4-13/h1-2,5,10,13-14H,3-4,6H2. The summed E-state index contributed by atoms with van der Waals surface area (Å²) in [7, 11) is 0. The molecule has 0 bridgehead atoms. The van der Waals surface area contributed by atoms with Crippen LogP contribution in [0.25, 0.3) is 0 Å². The summed E-state index contributed by atoms with van der Waals surface area (Å²) in [6.45, 7) is -0.375. The Hall–Kier alpha value is -1.04. The number of aliphatic hydroxyl groups excluding tert-OH is 2. The van der Waals surface area contributed by atoms with Crippen LogP contribution in [0.1, 0.15) is 12.0 Å². The molecule has 0 aromatic heterocycles. The van der Waals surface area contributed by atoms with Gasteiger partial charge in [-0.05, 0) is 6.07 Å². The van der Waals surface area contributed by atoms with E-state index in [9.17, 15) is 8.78 Å². The molecule has 0 aliphatic rings. The van der Waals surface area contributed by atoms with Gasteiger partial charge in [0.2, 0.25) is 0 Å². The maximum Gasteiger partial charge on any atom is 0.157 e. The number of aliphatic hydroxyl groups is 2. The number of rotatable bonds is 5. The lowest BCUT2D eigenvalue weighted by atomic mass is 10.2. The molecule has 1 atom stereocenters. The monoisotopic (exact) mass is 218 g/mol. The van der Waals surface area contributed by atoms with Crippen LogP contribution in [0.4, 0.5) is 8.78 Å². The van der Waals surface area contributed by atoms with Crippen molar-refractivity contribution in [1.29, 1.82) is 0 Å². The van der Waals surface area contributed by atoms with Crippen LogP contribution in [-0.4, -0.2) is 23.1 Å². The largest absolute Gasteiger partial charge is 0.396 e. The van der Waals surface area contributed by atoms with Crippen molar-refractivity contribution in [1.82, 2.24) is 0 Å². The topological polar surface area (TPSA) is 49.7 Å². The van der Waals surface area contributed by atoms with E-state index in [2.05, 4.69) is 0 Å². The van der Waals surface area contributed by atoms with E-state index >= 15 is 0 Å². The van der Waals surface area contributed by atoms with Gasteiger partial charge < -0.3 is 14.9 Å². The van der Waals surface area contributed by atoms with Gasteiger partial charge in [0.1, 0.15) is 11.6 Å². The van der Waals surface area contributed by atoms with Crippen LogP contribution in [0.15, 0.2) is 18.2 Å². The normalized spacial score (nSPS) is 12.8. The number of hydrogen-bond acceptors (Lipinski definition) is 3. The van der Waals surface area contributed by atoms with E-state index in [4.69, 9.17) is 14.9 Å². The third-order valence-corrected chi connectivity index (χ3v) is 1.82. The summed E-state index contributed by atoms with van der Waals surface area (Å²) in [6, 6.07) is 3.10. The highest BCUT2D eigenvalue weighted by Crippen LogP contribution is 2.11. The molecule has 0 radical (unpaired) electrons. The first-order valence-electron chi connectivity index (χ1n) is 4.48. The van der Waals surface area contributed by atoms with Gasteiger partial charge in [0.25, 0.3) is 0 Å². The van der Waals surface area contributed by atoms with E-state index in [0.29, 0.717) is 0 Å². The zero-order valence-electron chi connectivity index (χ0n) is 7.99. The van der Waals surface area contributed by atoms with Crippen molar-refractivity contribution in [2.24, 2.45) is 0 Å². The smallest absolute Gasteiger partial charge is 0.157 e. The number of halogens is 2. The number of hydrogen-bond donors (Lipinski definition) is 2. The van der Waals surface area contributed by atoms with E-state index < -0.39 is 17.9 Å². The quantitative estimate of drug-likeness (QED) is 0.730.